The van der Waals surface area contributed by atoms with Crippen LogP contribution in [-0.4, -0.2) is 33.8 Å². The van der Waals surface area contributed by atoms with E-state index < -0.39 is 0 Å². The maximum atomic E-state index is 9.70. The third kappa shape index (κ3) is 5.23. The van der Waals surface area contributed by atoms with E-state index in [9.17, 15) is 5.11 Å². The maximum absolute atomic E-state index is 9.70. The van der Waals surface area contributed by atoms with Gasteiger partial charge in [0.25, 0.3) is 0 Å². The molecule has 1 rings (SSSR count). The summed E-state index contributed by atoms with van der Waals surface area (Å²) in [6.45, 7) is 8.95. The average Bonchev–Trinajstić information content (AvgIpc) is 2.47. The van der Waals surface area contributed by atoms with Crippen LogP contribution in [-0.2, 0) is 0 Å². The molecule has 2 nitrogen and oxygen atoms in total. The first-order valence-corrected chi connectivity index (χ1v) is 6.95. The third-order valence-electron chi connectivity index (χ3n) is 2.74. The Morgan fingerprint density at radius 3 is 2.53 bits per heavy atom. The molecule has 3 unspecified atom stereocenters. The zero-order valence-corrected chi connectivity index (χ0v) is 11.2. The molecule has 3 atom stereocenters. The van der Waals surface area contributed by atoms with E-state index >= 15 is 0 Å². The number of hydrogen-bond donors (Lipinski definition) is 2. The Labute approximate surface area is 98.2 Å². The average molecular weight is 231 g/mol. The minimum Gasteiger partial charge on any atom is -0.392 e. The van der Waals surface area contributed by atoms with E-state index in [1.54, 1.807) is 0 Å². The SMILES string of the molecule is CC(CSC(C)(C)C)NC1CCCC1O. The molecule has 0 aromatic carbocycles. The minimum atomic E-state index is -0.118. The molecule has 2 N–H and O–H groups in total. The van der Waals surface area contributed by atoms with Crippen molar-refractivity contribution in [1.29, 1.82) is 0 Å². The fraction of sp³-hybridized carbons (Fsp3) is 1.00. The standard InChI is InChI=1S/C12H25NOS/c1-9(8-15-12(2,3)4)13-10-6-5-7-11(10)14/h9-11,13-14H,5-8H2,1-4H3. The molecule has 90 valence electrons. The number of aliphatic hydroxyl groups excluding tert-OH is 1. The molecule has 1 fully saturated rings. The fourth-order valence-electron chi connectivity index (χ4n) is 1.92. The van der Waals surface area contributed by atoms with Crippen molar-refractivity contribution in [3.8, 4) is 0 Å². The molecule has 0 aromatic heterocycles. The first-order valence-electron chi connectivity index (χ1n) is 5.96. The first-order chi connectivity index (χ1) is 6.88. The molecular formula is C12H25NOS. The quantitative estimate of drug-likeness (QED) is 0.779. The highest BCUT2D eigenvalue weighted by atomic mass is 32.2. The van der Waals surface area contributed by atoms with Crippen LogP contribution in [0.15, 0.2) is 0 Å². The van der Waals surface area contributed by atoms with Gasteiger partial charge in [-0.05, 0) is 26.2 Å². The number of hydrogen-bond acceptors (Lipinski definition) is 3. The Morgan fingerprint density at radius 1 is 1.40 bits per heavy atom. The Morgan fingerprint density at radius 2 is 2.07 bits per heavy atom. The molecule has 0 aliphatic heterocycles. The summed E-state index contributed by atoms with van der Waals surface area (Å²) in [7, 11) is 0. The van der Waals surface area contributed by atoms with Crippen molar-refractivity contribution >= 4 is 11.8 Å². The minimum absolute atomic E-state index is 0.118. The molecule has 0 radical (unpaired) electrons. The van der Waals surface area contributed by atoms with Gasteiger partial charge in [-0.1, -0.05) is 20.8 Å². The molecule has 0 saturated heterocycles. The van der Waals surface area contributed by atoms with Crippen LogP contribution in [0.25, 0.3) is 0 Å². The van der Waals surface area contributed by atoms with Crippen LogP contribution in [0.4, 0.5) is 0 Å². The van der Waals surface area contributed by atoms with E-state index in [2.05, 4.69) is 33.0 Å². The third-order valence-corrected chi connectivity index (χ3v) is 4.28. The molecule has 0 heterocycles. The monoisotopic (exact) mass is 231 g/mol. The summed E-state index contributed by atoms with van der Waals surface area (Å²) in [4.78, 5) is 0. The van der Waals surface area contributed by atoms with Crippen LogP contribution < -0.4 is 5.32 Å². The summed E-state index contributed by atoms with van der Waals surface area (Å²) in [6, 6.07) is 0.826. The number of aliphatic hydroxyl groups is 1. The summed E-state index contributed by atoms with van der Waals surface area (Å²) in [5.74, 6) is 1.12. The largest absolute Gasteiger partial charge is 0.392 e. The predicted octanol–water partition coefficient (Wildman–Crippen LogP) is 2.41. The van der Waals surface area contributed by atoms with Crippen molar-refractivity contribution in [2.75, 3.05) is 5.75 Å². The lowest BCUT2D eigenvalue weighted by atomic mass is 10.2. The van der Waals surface area contributed by atoms with Gasteiger partial charge in [-0.15, -0.1) is 0 Å². The van der Waals surface area contributed by atoms with Crippen LogP contribution in [0.1, 0.15) is 47.0 Å². The van der Waals surface area contributed by atoms with Gasteiger partial charge in [-0.3, -0.25) is 0 Å². The summed E-state index contributed by atoms with van der Waals surface area (Å²) in [6.07, 6.45) is 3.15. The van der Waals surface area contributed by atoms with Crippen molar-refractivity contribution in [2.45, 2.75) is 69.9 Å². The van der Waals surface area contributed by atoms with E-state index in [1.807, 2.05) is 11.8 Å². The smallest absolute Gasteiger partial charge is 0.0693 e. The van der Waals surface area contributed by atoms with E-state index in [-0.39, 0.29) is 6.10 Å². The highest BCUT2D eigenvalue weighted by Crippen LogP contribution is 2.25. The fourth-order valence-corrected chi connectivity index (χ4v) is 2.77. The highest BCUT2D eigenvalue weighted by molar-refractivity contribution is 8.00. The van der Waals surface area contributed by atoms with Crippen molar-refractivity contribution < 1.29 is 5.11 Å². The maximum Gasteiger partial charge on any atom is 0.0693 e. The van der Waals surface area contributed by atoms with Gasteiger partial charge < -0.3 is 10.4 Å². The zero-order chi connectivity index (χ0) is 11.5. The summed E-state index contributed by atoms with van der Waals surface area (Å²) >= 11 is 1.98. The zero-order valence-electron chi connectivity index (χ0n) is 10.4. The number of rotatable bonds is 4. The van der Waals surface area contributed by atoms with E-state index in [0.717, 1.165) is 25.0 Å². The van der Waals surface area contributed by atoms with Crippen LogP contribution in [0.5, 0.6) is 0 Å². The molecule has 0 bridgehead atoms. The van der Waals surface area contributed by atoms with Gasteiger partial charge in [0.2, 0.25) is 0 Å². The van der Waals surface area contributed by atoms with E-state index in [1.165, 1.54) is 0 Å². The van der Waals surface area contributed by atoms with Gasteiger partial charge in [0, 0.05) is 22.6 Å². The van der Waals surface area contributed by atoms with Gasteiger partial charge in [0.05, 0.1) is 6.10 Å². The van der Waals surface area contributed by atoms with Crippen molar-refractivity contribution in [3.05, 3.63) is 0 Å². The predicted molar refractivity (Wildman–Crippen MR) is 68.5 cm³/mol. The molecule has 1 aliphatic rings. The second-order valence-corrected chi connectivity index (χ2v) is 7.44. The molecular weight excluding hydrogens is 206 g/mol. The first kappa shape index (κ1) is 13.3. The topological polar surface area (TPSA) is 32.3 Å². The highest BCUT2D eigenvalue weighted by Gasteiger charge is 2.26. The Kier molecular flexibility index (Phi) is 4.94. The van der Waals surface area contributed by atoms with Gasteiger partial charge in [0.1, 0.15) is 0 Å². The molecule has 1 aliphatic carbocycles. The van der Waals surface area contributed by atoms with Gasteiger partial charge in [-0.2, -0.15) is 11.8 Å². The lowest BCUT2D eigenvalue weighted by Gasteiger charge is -2.25. The molecule has 0 amide bonds. The van der Waals surface area contributed by atoms with Crippen LogP contribution in [0.3, 0.4) is 0 Å². The molecule has 15 heavy (non-hydrogen) atoms. The molecule has 3 heteroatoms. The van der Waals surface area contributed by atoms with E-state index in [4.69, 9.17) is 0 Å². The second-order valence-electron chi connectivity index (χ2n) is 5.60. The summed E-state index contributed by atoms with van der Waals surface area (Å²) < 4.78 is 0.338. The molecule has 1 saturated carbocycles. The van der Waals surface area contributed by atoms with Gasteiger partial charge in [-0.25, -0.2) is 0 Å². The van der Waals surface area contributed by atoms with Gasteiger partial charge in [0.15, 0.2) is 0 Å². The van der Waals surface area contributed by atoms with Crippen molar-refractivity contribution in [2.24, 2.45) is 0 Å². The van der Waals surface area contributed by atoms with Crippen LogP contribution in [0, 0.1) is 0 Å². The molecule has 0 aromatic rings. The normalized spacial score (nSPS) is 29.4. The second kappa shape index (κ2) is 5.55. The van der Waals surface area contributed by atoms with Crippen molar-refractivity contribution in [1.82, 2.24) is 5.32 Å². The van der Waals surface area contributed by atoms with Gasteiger partial charge >= 0.3 is 0 Å². The summed E-state index contributed by atoms with van der Waals surface area (Å²) in [5.41, 5.74) is 0. The van der Waals surface area contributed by atoms with Crippen LogP contribution >= 0.6 is 11.8 Å². The van der Waals surface area contributed by atoms with Crippen molar-refractivity contribution in [3.63, 3.8) is 0 Å². The lowest BCUT2D eigenvalue weighted by molar-refractivity contribution is 0.145. The number of thioether (sulfide) groups is 1. The Balaban J connectivity index is 2.20. The lowest BCUT2D eigenvalue weighted by Crippen LogP contribution is -2.42. The Hall–Kier alpha value is 0.270. The van der Waals surface area contributed by atoms with Crippen LogP contribution in [0.2, 0.25) is 0 Å². The summed E-state index contributed by atoms with van der Waals surface area (Å²) in [5, 5.41) is 13.2. The van der Waals surface area contributed by atoms with E-state index in [0.29, 0.717) is 16.8 Å². The molecule has 0 spiro atoms. The Bertz CT molecular complexity index is 191. The number of nitrogens with one attached hydrogen (secondary N) is 1.